The molecule has 1 aliphatic carbocycles. The van der Waals surface area contributed by atoms with Crippen LogP contribution in [-0.4, -0.2) is 16.3 Å². The molecule has 0 saturated heterocycles. The molecule has 4 nitrogen and oxygen atoms in total. The van der Waals surface area contributed by atoms with Crippen molar-refractivity contribution in [3.05, 3.63) is 18.2 Å². The second-order valence-corrected chi connectivity index (χ2v) is 3.12. The molecule has 0 heterocycles. The number of phenols is 2. The van der Waals surface area contributed by atoms with E-state index in [0.29, 0.717) is 11.7 Å². The van der Waals surface area contributed by atoms with Crippen LogP contribution in [0.2, 0.25) is 0 Å². The minimum Gasteiger partial charge on any atom is -0.508 e. The number of hydrogen-bond acceptors (Lipinski definition) is 4. The third-order valence-corrected chi connectivity index (χ3v) is 1.83. The number of aromatic hydroxyl groups is 2. The molecule has 0 amide bonds. The van der Waals surface area contributed by atoms with Gasteiger partial charge in [-0.05, 0) is 25.0 Å². The number of azo groups is 1. The van der Waals surface area contributed by atoms with Crippen molar-refractivity contribution in [1.82, 2.24) is 0 Å². The number of hydrogen-bond donors (Lipinski definition) is 2. The molecule has 0 spiro atoms. The number of nitrogens with zero attached hydrogens (tertiary/aromatic N) is 2. The summed E-state index contributed by atoms with van der Waals surface area (Å²) < 4.78 is 0. The van der Waals surface area contributed by atoms with Crippen LogP contribution >= 0.6 is 0 Å². The normalized spacial score (nSPS) is 16.6. The van der Waals surface area contributed by atoms with E-state index in [2.05, 4.69) is 10.2 Å². The van der Waals surface area contributed by atoms with E-state index in [4.69, 9.17) is 5.11 Å². The Morgan fingerprint density at radius 1 is 1.23 bits per heavy atom. The van der Waals surface area contributed by atoms with Gasteiger partial charge in [0.25, 0.3) is 0 Å². The van der Waals surface area contributed by atoms with Crippen LogP contribution in [0, 0.1) is 0 Å². The fourth-order valence-electron chi connectivity index (χ4n) is 0.930. The van der Waals surface area contributed by atoms with Crippen LogP contribution in [0.4, 0.5) is 5.69 Å². The summed E-state index contributed by atoms with van der Waals surface area (Å²) in [6.45, 7) is 0. The lowest BCUT2D eigenvalue weighted by atomic mass is 10.3. The molecule has 0 aliphatic heterocycles. The van der Waals surface area contributed by atoms with E-state index in [0.717, 1.165) is 12.8 Å². The van der Waals surface area contributed by atoms with Gasteiger partial charge < -0.3 is 10.2 Å². The molecule has 0 radical (unpaired) electrons. The van der Waals surface area contributed by atoms with E-state index in [-0.39, 0.29) is 11.5 Å². The van der Waals surface area contributed by atoms with Gasteiger partial charge in [-0.1, -0.05) is 0 Å². The van der Waals surface area contributed by atoms with Crippen molar-refractivity contribution >= 4 is 5.69 Å². The van der Waals surface area contributed by atoms with E-state index < -0.39 is 0 Å². The van der Waals surface area contributed by atoms with Crippen LogP contribution in [-0.2, 0) is 0 Å². The quantitative estimate of drug-likeness (QED) is 0.682. The van der Waals surface area contributed by atoms with Crippen LogP contribution in [0.15, 0.2) is 28.4 Å². The second kappa shape index (κ2) is 3.05. The Balaban J connectivity index is 2.19. The van der Waals surface area contributed by atoms with Crippen LogP contribution in [0.5, 0.6) is 11.5 Å². The van der Waals surface area contributed by atoms with Crippen molar-refractivity contribution in [2.45, 2.75) is 18.9 Å². The highest BCUT2D eigenvalue weighted by atomic mass is 16.3. The topological polar surface area (TPSA) is 65.2 Å². The molecule has 1 fully saturated rings. The van der Waals surface area contributed by atoms with E-state index >= 15 is 0 Å². The van der Waals surface area contributed by atoms with Crippen molar-refractivity contribution in [3.63, 3.8) is 0 Å². The van der Waals surface area contributed by atoms with Crippen molar-refractivity contribution in [2.75, 3.05) is 0 Å². The molecule has 0 atom stereocenters. The summed E-state index contributed by atoms with van der Waals surface area (Å²) >= 11 is 0. The Labute approximate surface area is 75.6 Å². The maximum absolute atomic E-state index is 9.31. The van der Waals surface area contributed by atoms with Crippen LogP contribution in [0.1, 0.15) is 12.8 Å². The summed E-state index contributed by atoms with van der Waals surface area (Å²) in [6, 6.07) is 4.60. The molecule has 1 saturated carbocycles. The highest BCUT2D eigenvalue weighted by molar-refractivity contribution is 5.53. The number of benzene rings is 1. The number of phenolic OH excluding ortho intramolecular Hbond substituents is 2. The number of rotatable bonds is 2. The van der Waals surface area contributed by atoms with Crippen molar-refractivity contribution in [3.8, 4) is 11.5 Å². The molecule has 13 heavy (non-hydrogen) atoms. The molecule has 1 aromatic rings. The van der Waals surface area contributed by atoms with Gasteiger partial charge in [0, 0.05) is 6.07 Å². The third kappa shape index (κ3) is 1.96. The molecule has 0 bridgehead atoms. The Morgan fingerprint density at radius 2 is 2.00 bits per heavy atom. The maximum Gasteiger partial charge on any atom is 0.146 e. The van der Waals surface area contributed by atoms with E-state index in [1.807, 2.05) is 0 Å². The Morgan fingerprint density at radius 3 is 2.62 bits per heavy atom. The zero-order chi connectivity index (χ0) is 9.26. The first-order valence-corrected chi connectivity index (χ1v) is 4.18. The molecule has 4 heteroatoms. The first-order valence-electron chi connectivity index (χ1n) is 4.18. The van der Waals surface area contributed by atoms with Gasteiger partial charge in [-0.25, -0.2) is 0 Å². The molecule has 0 aromatic heterocycles. The van der Waals surface area contributed by atoms with Gasteiger partial charge in [-0.2, -0.15) is 10.2 Å². The fourth-order valence-corrected chi connectivity index (χ4v) is 0.930. The zero-order valence-electron chi connectivity index (χ0n) is 7.01. The summed E-state index contributed by atoms with van der Waals surface area (Å²) in [6.07, 6.45) is 2.17. The summed E-state index contributed by atoms with van der Waals surface area (Å²) in [4.78, 5) is 0. The molecule has 1 aromatic carbocycles. The molecule has 1 aliphatic rings. The Kier molecular flexibility index (Phi) is 1.88. The lowest BCUT2D eigenvalue weighted by Gasteiger charge is -1.97. The average molecular weight is 178 g/mol. The van der Waals surface area contributed by atoms with Crippen LogP contribution < -0.4 is 0 Å². The standard InChI is InChI=1S/C9H10N2O2/c12-7-3-4-8(9(13)5-7)11-10-6-1-2-6/h3-6,12-13H,1-2H2. The van der Waals surface area contributed by atoms with Crippen LogP contribution in [0.3, 0.4) is 0 Å². The smallest absolute Gasteiger partial charge is 0.146 e. The highest BCUT2D eigenvalue weighted by Crippen LogP contribution is 2.32. The fraction of sp³-hybridized carbons (Fsp3) is 0.333. The summed E-state index contributed by atoms with van der Waals surface area (Å²) in [5.41, 5.74) is 0.407. The molecule has 68 valence electrons. The lowest BCUT2D eigenvalue weighted by molar-refractivity contribution is 0.451. The molecular weight excluding hydrogens is 168 g/mol. The van der Waals surface area contributed by atoms with E-state index in [1.54, 1.807) is 0 Å². The minimum atomic E-state index is -0.0376. The Hall–Kier alpha value is -1.58. The lowest BCUT2D eigenvalue weighted by Crippen LogP contribution is -1.71. The van der Waals surface area contributed by atoms with Crippen LogP contribution in [0.25, 0.3) is 0 Å². The third-order valence-electron chi connectivity index (χ3n) is 1.83. The average Bonchev–Trinajstić information content (AvgIpc) is 2.86. The van der Waals surface area contributed by atoms with Gasteiger partial charge in [0.1, 0.15) is 17.2 Å². The van der Waals surface area contributed by atoms with E-state index in [9.17, 15) is 5.11 Å². The van der Waals surface area contributed by atoms with Crippen molar-refractivity contribution < 1.29 is 10.2 Å². The van der Waals surface area contributed by atoms with Gasteiger partial charge in [-0.3, -0.25) is 0 Å². The monoisotopic (exact) mass is 178 g/mol. The van der Waals surface area contributed by atoms with Gasteiger partial charge in [-0.15, -0.1) is 0 Å². The second-order valence-electron chi connectivity index (χ2n) is 3.12. The molecule has 0 unspecified atom stereocenters. The van der Waals surface area contributed by atoms with Gasteiger partial charge >= 0.3 is 0 Å². The first-order chi connectivity index (χ1) is 6.25. The van der Waals surface area contributed by atoms with Gasteiger partial charge in [0.15, 0.2) is 0 Å². The Bertz CT molecular complexity index is 345. The highest BCUT2D eigenvalue weighted by Gasteiger charge is 2.20. The minimum absolute atomic E-state index is 0.0304. The molecular formula is C9H10N2O2. The summed E-state index contributed by atoms with van der Waals surface area (Å²) in [7, 11) is 0. The zero-order valence-corrected chi connectivity index (χ0v) is 7.01. The van der Waals surface area contributed by atoms with Crippen molar-refractivity contribution in [2.24, 2.45) is 10.2 Å². The predicted octanol–water partition coefficient (Wildman–Crippen LogP) is 2.34. The van der Waals surface area contributed by atoms with E-state index in [1.165, 1.54) is 18.2 Å². The largest absolute Gasteiger partial charge is 0.508 e. The van der Waals surface area contributed by atoms with Crippen molar-refractivity contribution in [1.29, 1.82) is 0 Å². The van der Waals surface area contributed by atoms with Gasteiger partial charge in [0.05, 0.1) is 6.04 Å². The first kappa shape index (κ1) is 8.04. The maximum atomic E-state index is 9.31. The predicted molar refractivity (Wildman–Crippen MR) is 47.3 cm³/mol. The summed E-state index contributed by atoms with van der Waals surface area (Å²) in [5.74, 6) is -0.00716. The SMILES string of the molecule is Oc1ccc(N=NC2CC2)c(O)c1. The molecule has 2 rings (SSSR count). The molecule has 2 N–H and O–H groups in total. The van der Waals surface area contributed by atoms with Gasteiger partial charge in [0.2, 0.25) is 0 Å². The summed E-state index contributed by atoms with van der Waals surface area (Å²) in [5, 5.41) is 26.2.